The Labute approximate surface area is 199 Å². The number of rotatable bonds is 6. The van der Waals surface area contributed by atoms with E-state index in [1.54, 1.807) is 6.07 Å². The lowest BCUT2D eigenvalue weighted by Gasteiger charge is -2.36. The lowest BCUT2D eigenvalue weighted by atomic mass is 9.92. The monoisotopic (exact) mass is 477 g/mol. The van der Waals surface area contributed by atoms with Crippen molar-refractivity contribution in [1.82, 2.24) is 15.6 Å². The topological polar surface area (TPSA) is 150 Å². The maximum Gasteiger partial charge on any atom is 0.331 e. The smallest absolute Gasteiger partial charge is 0.331 e. The summed E-state index contributed by atoms with van der Waals surface area (Å²) in [5.74, 6) is -2.75. The van der Waals surface area contributed by atoms with Crippen LogP contribution in [0.5, 0.6) is 0 Å². The Bertz CT molecular complexity index is 1210. The highest BCUT2D eigenvalue weighted by molar-refractivity contribution is 6.23. The van der Waals surface area contributed by atoms with Crippen molar-refractivity contribution < 1.29 is 28.4 Å². The number of benzene rings is 1. The van der Waals surface area contributed by atoms with Gasteiger partial charge in [0.15, 0.2) is 11.7 Å². The molecule has 2 heterocycles. The summed E-state index contributed by atoms with van der Waals surface area (Å²) in [6.45, 7) is 0. The quantitative estimate of drug-likeness (QED) is 0.330. The predicted octanol–water partition coefficient (Wildman–Crippen LogP) is 2.13. The van der Waals surface area contributed by atoms with Gasteiger partial charge in [0, 0.05) is 23.5 Å². The molecule has 2 bridgehead atoms. The number of imide groups is 2. The Morgan fingerprint density at radius 3 is 2.51 bits per heavy atom. The summed E-state index contributed by atoms with van der Waals surface area (Å²) < 4.78 is 5.03. The Hall–Kier alpha value is -4.28. The lowest BCUT2D eigenvalue weighted by molar-refractivity contribution is -0.141. The van der Waals surface area contributed by atoms with Gasteiger partial charge in [-0.25, -0.2) is 10.2 Å². The van der Waals surface area contributed by atoms with E-state index in [1.165, 1.54) is 41.5 Å². The van der Waals surface area contributed by atoms with Gasteiger partial charge in [0.2, 0.25) is 11.8 Å². The molecule has 5 rings (SSSR count). The Morgan fingerprint density at radius 1 is 1.06 bits per heavy atom. The van der Waals surface area contributed by atoms with Gasteiger partial charge < -0.3 is 9.73 Å². The van der Waals surface area contributed by atoms with Crippen LogP contribution in [0.1, 0.15) is 46.6 Å². The predicted molar refractivity (Wildman–Crippen MR) is 122 cm³/mol. The number of urea groups is 1. The standard InChI is InChI=1S/C24H23N5O6/c30-20(14-5-7-16(8-6-14)26-22(32)19-2-1-9-35-19)28-25-12-17-21(31)27-24(34)29(23(17)33)18-11-13-3-4-15(18)10-13/h1-2,5-9,12-13,15,17-18H,3-4,10-11H2,(H,26,32)(H,28,30)(H,27,31,34)/b25-12-/t13-,15-,17+,18+/m0/s1. The number of nitrogens with zero attached hydrogens (tertiary/aromatic N) is 2. The van der Waals surface area contributed by atoms with Gasteiger partial charge in [-0.2, -0.15) is 5.10 Å². The van der Waals surface area contributed by atoms with Crippen molar-refractivity contribution in [3.8, 4) is 0 Å². The summed E-state index contributed by atoms with van der Waals surface area (Å²) in [5, 5.41) is 8.65. The molecule has 0 spiro atoms. The molecule has 3 N–H and O–H groups in total. The second-order valence-corrected chi connectivity index (χ2v) is 8.95. The zero-order valence-electron chi connectivity index (χ0n) is 18.6. The van der Waals surface area contributed by atoms with E-state index in [2.05, 4.69) is 21.2 Å². The largest absolute Gasteiger partial charge is 0.459 e. The van der Waals surface area contributed by atoms with Crippen LogP contribution in [-0.2, 0) is 9.59 Å². The average Bonchev–Trinajstić information content (AvgIpc) is 3.60. The Morgan fingerprint density at radius 2 is 1.86 bits per heavy atom. The Kier molecular flexibility index (Phi) is 5.89. The first-order valence-corrected chi connectivity index (χ1v) is 11.4. The Balaban J connectivity index is 1.19. The summed E-state index contributed by atoms with van der Waals surface area (Å²) in [7, 11) is 0. The molecular weight excluding hydrogens is 454 g/mol. The fraction of sp³-hybridized carbons (Fsp3) is 0.333. The van der Waals surface area contributed by atoms with Crippen molar-refractivity contribution in [2.24, 2.45) is 22.9 Å². The second-order valence-electron chi connectivity index (χ2n) is 8.95. The number of hydrazone groups is 1. The molecule has 1 aromatic heterocycles. The van der Waals surface area contributed by atoms with Crippen LogP contribution in [0.2, 0.25) is 0 Å². The van der Waals surface area contributed by atoms with Crippen LogP contribution >= 0.6 is 0 Å². The number of anilines is 1. The van der Waals surface area contributed by atoms with E-state index in [4.69, 9.17) is 4.42 Å². The molecule has 4 atom stereocenters. The number of barbiturate groups is 1. The first kappa shape index (κ1) is 22.5. The summed E-state index contributed by atoms with van der Waals surface area (Å²) in [6.07, 6.45) is 6.27. The number of amides is 6. The fourth-order valence-electron chi connectivity index (χ4n) is 5.12. The molecule has 2 saturated carbocycles. The molecule has 180 valence electrons. The van der Waals surface area contributed by atoms with Crippen molar-refractivity contribution in [2.75, 3.05) is 5.32 Å². The van der Waals surface area contributed by atoms with Crippen LogP contribution < -0.4 is 16.1 Å². The van der Waals surface area contributed by atoms with E-state index in [-0.39, 0.29) is 23.3 Å². The van der Waals surface area contributed by atoms with Gasteiger partial charge in [-0.15, -0.1) is 0 Å². The van der Waals surface area contributed by atoms with Crippen molar-refractivity contribution in [1.29, 1.82) is 0 Å². The first-order chi connectivity index (χ1) is 16.9. The van der Waals surface area contributed by atoms with E-state index >= 15 is 0 Å². The van der Waals surface area contributed by atoms with Crippen LogP contribution in [0.3, 0.4) is 0 Å². The number of carbonyl (C=O) groups is 5. The van der Waals surface area contributed by atoms with E-state index in [0.29, 0.717) is 11.6 Å². The van der Waals surface area contributed by atoms with Crippen molar-refractivity contribution >= 4 is 41.6 Å². The summed E-state index contributed by atoms with van der Waals surface area (Å²) >= 11 is 0. The molecule has 11 nitrogen and oxygen atoms in total. The molecule has 2 aliphatic carbocycles. The fourth-order valence-corrected chi connectivity index (χ4v) is 5.12. The summed E-state index contributed by atoms with van der Waals surface area (Å²) in [5.41, 5.74) is 2.99. The zero-order chi connectivity index (χ0) is 24.5. The highest BCUT2D eigenvalue weighted by atomic mass is 16.3. The lowest BCUT2D eigenvalue weighted by Crippen LogP contribution is -2.62. The van der Waals surface area contributed by atoms with Gasteiger partial charge in [0.25, 0.3) is 11.8 Å². The van der Waals surface area contributed by atoms with Gasteiger partial charge in [0.1, 0.15) is 0 Å². The van der Waals surface area contributed by atoms with Crippen LogP contribution in [0.4, 0.5) is 10.5 Å². The van der Waals surface area contributed by atoms with Gasteiger partial charge >= 0.3 is 6.03 Å². The molecule has 35 heavy (non-hydrogen) atoms. The maximum absolute atomic E-state index is 13.0. The third kappa shape index (κ3) is 4.44. The molecule has 3 aliphatic rings. The van der Waals surface area contributed by atoms with Gasteiger partial charge in [-0.1, -0.05) is 6.42 Å². The van der Waals surface area contributed by atoms with Gasteiger partial charge in [-0.05, 0) is 67.5 Å². The molecule has 1 saturated heterocycles. The number of nitrogens with one attached hydrogen (secondary N) is 3. The van der Waals surface area contributed by atoms with Crippen LogP contribution in [0.15, 0.2) is 52.2 Å². The number of hydrogen-bond acceptors (Lipinski definition) is 7. The second kappa shape index (κ2) is 9.16. The van der Waals surface area contributed by atoms with E-state index in [1.807, 2.05) is 0 Å². The number of carbonyl (C=O) groups excluding carboxylic acids is 5. The minimum atomic E-state index is -1.30. The summed E-state index contributed by atoms with van der Waals surface area (Å²) in [4.78, 5) is 63.2. The highest BCUT2D eigenvalue weighted by Gasteiger charge is 2.50. The maximum atomic E-state index is 13.0. The van der Waals surface area contributed by atoms with E-state index in [0.717, 1.165) is 31.9 Å². The van der Waals surface area contributed by atoms with Crippen molar-refractivity contribution in [3.63, 3.8) is 0 Å². The van der Waals surface area contributed by atoms with Gasteiger partial charge in [0.05, 0.1) is 6.26 Å². The third-order valence-corrected chi connectivity index (χ3v) is 6.81. The first-order valence-electron chi connectivity index (χ1n) is 11.4. The van der Waals surface area contributed by atoms with Gasteiger partial charge in [-0.3, -0.25) is 29.4 Å². The highest BCUT2D eigenvalue weighted by Crippen LogP contribution is 2.47. The molecule has 1 aliphatic heterocycles. The van der Waals surface area contributed by atoms with Crippen LogP contribution in [0, 0.1) is 17.8 Å². The van der Waals surface area contributed by atoms with E-state index < -0.39 is 35.6 Å². The minimum absolute atomic E-state index is 0.156. The number of fused-ring (bicyclic) bond motifs is 2. The SMILES string of the molecule is O=C(N/N=C\[C@@H]1C(=O)NC(=O)N([C@@H]2C[C@H]3CC[C@H]2C3)C1=O)c1ccc(NC(=O)c2ccco2)cc1. The molecule has 0 unspecified atom stereocenters. The number of hydrogen-bond donors (Lipinski definition) is 3. The van der Waals surface area contributed by atoms with E-state index in [9.17, 15) is 24.0 Å². The molecule has 11 heteroatoms. The summed E-state index contributed by atoms with van der Waals surface area (Å²) in [6, 6.07) is 8.28. The van der Waals surface area contributed by atoms with Crippen molar-refractivity contribution in [2.45, 2.75) is 31.7 Å². The molecule has 6 amide bonds. The van der Waals surface area contributed by atoms with Crippen molar-refractivity contribution in [3.05, 3.63) is 54.0 Å². The normalized spacial score (nSPS) is 25.7. The van der Waals surface area contributed by atoms with Crippen LogP contribution in [0.25, 0.3) is 0 Å². The number of furan rings is 1. The molecule has 1 aromatic carbocycles. The van der Waals surface area contributed by atoms with Crippen LogP contribution in [-0.4, -0.2) is 46.8 Å². The molecule has 0 radical (unpaired) electrons. The molecular formula is C24H23N5O6. The zero-order valence-corrected chi connectivity index (χ0v) is 18.6. The average molecular weight is 477 g/mol. The molecule has 3 fully saturated rings. The minimum Gasteiger partial charge on any atom is -0.459 e. The molecule has 2 aromatic rings. The third-order valence-electron chi connectivity index (χ3n) is 6.81.